The van der Waals surface area contributed by atoms with Crippen molar-refractivity contribution in [3.05, 3.63) is 58.3 Å². The Bertz CT molecular complexity index is 626. The summed E-state index contributed by atoms with van der Waals surface area (Å²) in [6.07, 6.45) is 2.02. The molecule has 2 heterocycles. The third kappa shape index (κ3) is 2.69. The average Bonchev–Trinajstić information content (AvgIpc) is 3.12. The van der Waals surface area contributed by atoms with Crippen LogP contribution in [0.5, 0.6) is 0 Å². The fourth-order valence-corrected chi connectivity index (χ4v) is 4.06. The van der Waals surface area contributed by atoms with E-state index < -0.39 is 5.72 Å². The largest absolute Gasteiger partial charge is 0.367 e. The molecule has 0 saturated carbocycles. The Morgan fingerprint density at radius 3 is 2.68 bits per heavy atom. The highest BCUT2D eigenvalue weighted by Crippen LogP contribution is 2.41. The van der Waals surface area contributed by atoms with Crippen molar-refractivity contribution >= 4 is 17.2 Å². The number of thiophene rings is 1. The number of hydrogen-bond acceptors (Lipinski definition) is 3. The van der Waals surface area contributed by atoms with Crippen LogP contribution in [0, 0.1) is 5.92 Å². The Balaban J connectivity index is 1.90. The average molecular weight is 315 g/mol. The standard InChI is InChI=1S/C18H21NO2S/c1-2-10-19-17(20)14(12-16-9-6-11-22-16)13-18(19,21)15-7-4-3-5-8-15/h3-9,11,14,21H,2,10,12-13H2,1H3. The van der Waals surface area contributed by atoms with Gasteiger partial charge in [-0.3, -0.25) is 4.79 Å². The normalized spacial score (nSPS) is 24.9. The van der Waals surface area contributed by atoms with Crippen LogP contribution in [0.25, 0.3) is 0 Å². The lowest BCUT2D eigenvalue weighted by Crippen LogP contribution is -2.43. The molecule has 0 spiro atoms. The molecule has 2 unspecified atom stereocenters. The van der Waals surface area contributed by atoms with Crippen LogP contribution in [0.15, 0.2) is 47.8 Å². The smallest absolute Gasteiger partial charge is 0.228 e. The molecule has 1 saturated heterocycles. The Kier molecular flexibility index (Phi) is 4.32. The number of carbonyl (C=O) groups excluding carboxylic acids is 1. The monoisotopic (exact) mass is 315 g/mol. The van der Waals surface area contributed by atoms with Gasteiger partial charge in [0.1, 0.15) is 0 Å². The second-order valence-corrected chi connectivity index (χ2v) is 6.89. The summed E-state index contributed by atoms with van der Waals surface area (Å²) in [6.45, 7) is 2.62. The van der Waals surface area contributed by atoms with Gasteiger partial charge in [-0.05, 0) is 24.3 Å². The molecule has 1 amide bonds. The van der Waals surface area contributed by atoms with Crippen LogP contribution in [0.1, 0.15) is 30.2 Å². The molecule has 2 aromatic rings. The first-order chi connectivity index (χ1) is 10.6. The van der Waals surface area contributed by atoms with Crippen molar-refractivity contribution in [1.82, 2.24) is 4.90 Å². The summed E-state index contributed by atoms with van der Waals surface area (Å²) in [5.74, 6) is -0.0722. The summed E-state index contributed by atoms with van der Waals surface area (Å²) in [4.78, 5) is 15.6. The van der Waals surface area contributed by atoms with Crippen LogP contribution in [-0.2, 0) is 16.9 Å². The van der Waals surface area contributed by atoms with Crippen LogP contribution in [0.2, 0.25) is 0 Å². The zero-order chi connectivity index (χ0) is 15.6. The van der Waals surface area contributed by atoms with Gasteiger partial charge in [0.05, 0.1) is 0 Å². The summed E-state index contributed by atoms with van der Waals surface area (Å²) >= 11 is 1.67. The molecule has 2 atom stereocenters. The quantitative estimate of drug-likeness (QED) is 0.919. The van der Waals surface area contributed by atoms with Gasteiger partial charge in [0.15, 0.2) is 5.72 Å². The first-order valence-corrected chi connectivity index (χ1v) is 8.65. The van der Waals surface area contributed by atoms with Crippen LogP contribution >= 0.6 is 11.3 Å². The van der Waals surface area contributed by atoms with Crippen LogP contribution < -0.4 is 0 Å². The zero-order valence-corrected chi connectivity index (χ0v) is 13.6. The summed E-state index contributed by atoms with van der Waals surface area (Å²) in [5.41, 5.74) is -0.360. The van der Waals surface area contributed by atoms with E-state index in [1.165, 1.54) is 4.88 Å². The Labute approximate surface area is 135 Å². The number of rotatable bonds is 5. The van der Waals surface area contributed by atoms with Crippen molar-refractivity contribution in [2.45, 2.75) is 31.9 Å². The predicted octanol–water partition coefficient (Wildman–Crippen LogP) is 3.39. The lowest BCUT2D eigenvalue weighted by molar-refractivity contribution is -0.148. The predicted molar refractivity (Wildman–Crippen MR) is 88.5 cm³/mol. The molecule has 1 aliphatic heterocycles. The molecule has 1 aromatic carbocycles. The van der Waals surface area contributed by atoms with Gasteiger partial charge < -0.3 is 10.0 Å². The van der Waals surface area contributed by atoms with Crippen molar-refractivity contribution in [2.24, 2.45) is 5.92 Å². The lowest BCUT2D eigenvalue weighted by atomic mass is 9.93. The van der Waals surface area contributed by atoms with E-state index in [4.69, 9.17) is 0 Å². The van der Waals surface area contributed by atoms with Gasteiger partial charge in [0.2, 0.25) is 5.91 Å². The number of carbonyl (C=O) groups is 1. The van der Waals surface area contributed by atoms with Gasteiger partial charge in [-0.2, -0.15) is 0 Å². The van der Waals surface area contributed by atoms with Gasteiger partial charge in [-0.1, -0.05) is 43.3 Å². The SMILES string of the molecule is CCCN1C(=O)C(Cc2cccs2)CC1(O)c1ccccc1. The second kappa shape index (κ2) is 6.23. The first-order valence-electron chi connectivity index (χ1n) is 7.77. The maximum absolute atomic E-state index is 12.8. The zero-order valence-electron chi connectivity index (χ0n) is 12.7. The Morgan fingerprint density at radius 2 is 2.05 bits per heavy atom. The molecule has 1 fully saturated rings. The van der Waals surface area contributed by atoms with Gasteiger partial charge in [-0.15, -0.1) is 11.3 Å². The minimum Gasteiger partial charge on any atom is -0.367 e. The fraction of sp³-hybridized carbons (Fsp3) is 0.389. The van der Waals surface area contributed by atoms with Crippen molar-refractivity contribution in [3.63, 3.8) is 0 Å². The second-order valence-electron chi connectivity index (χ2n) is 5.86. The first kappa shape index (κ1) is 15.3. The third-order valence-electron chi connectivity index (χ3n) is 4.30. The molecule has 0 aliphatic carbocycles. The van der Waals surface area contributed by atoms with E-state index in [2.05, 4.69) is 6.07 Å². The van der Waals surface area contributed by atoms with E-state index in [1.807, 2.05) is 48.7 Å². The number of likely N-dealkylation sites (tertiary alicyclic amines) is 1. The summed E-state index contributed by atoms with van der Waals surface area (Å²) in [6, 6.07) is 13.6. The van der Waals surface area contributed by atoms with E-state index in [9.17, 15) is 9.90 Å². The Hall–Kier alpha value is -1.65. The molecule has 116 valence electrons. The van der Waals surface area contributed by atoms with Crippen LogP contribution in [0.4, 0.5) is 0 Å². The number of amides is 1. The fourth-order valence-electron chi connectivity index (χ4n) is 3.27. The van der Waals surface area contributed by atoms with E-state index in [-0.39, 0.29) is 11.8 Å². The summed E-state index contributed by atoms with van der Waals surface area (Å²) in [7, 11) is 0. The van der Waals surface area contributed by atoms with Crippen molar-refractivity contribution < 1.29 is 9.90 Å². The number of aliphatic hydroxyl groups is 1. The minimum atomic E-state index is -1.17. The van der Waals surface area contributed by atoms with Gasteiger partial charge >= 0.3 is 0 Å². The van der Waals surface area contributed by atoms with Gasteiger partial charge in [-0.25, -0.2) is 0 Å². The molecule has 22 heavy (non-hydrogen) atoms. The molecule has 3 rings (SSSR count). The van der Waals surface area contributed by atoms with Crippen molar-refractivity contribution in [2.75, 3.05) is 6.54 Å². The maximum Gasteiger partial charge on any atom is 0.228 e. The molecule has 4 heteroatoms. The van der Waals surface area contributed by atoms with E-state index in [1.54, 1.807) is 16.2 Å². The lowest BCUT2D eigenvalue weighted by Gasteiger charge is -2.33. The van der Waals surface area contributed by atoms with Gasteiger partial charge in [0, 0.05) is 29.3 Å². The van der Waals surface area contributed by atoms with Crippen molar-refractivity contribution in [1.29, 1.82) is 0 Å². The molecule has 1 aromatic heterocycles. The molecule has 0 radical (unpaired) electrons. The summed E-state index contributed by atoms with van der Waals surface area (Å²) in [5, 5.41) is 13.3. The number of hydrogen-bond donors (Lipinski definition) is 1. The van der Waals surface area contributed by atoms with Crippen LogP contribution in [-0.4, -0.2) is 22.5 Å². The van der Waals surface area contributed by atoms with Crippen LogP contribution in [0.3, 0.4) is 0 Å². The molecule has 1 aliphatic rings. The van der Waals surface area contributed by atoms with Crippen molar-refractivity contribution in [3.8, 4) is 0 Å². The van der Waals surface area contributed by atoms with Gasteiger partial charge in [0.25, 0.3) is 0 Å². The highest BCUT2D eigenvalue weighted by atomic mass is 32.1. The van der Waals surface area contributed by atoms with E-state index >= 15 is 0 Å². The minimum absolute atomic E-state index is 0.0709. The highest BCUT2D eigenvalue weighted by Gasteiger charge is 2.50. The molecule has 1 N–H and O–H groups in total. The third-order valence-corrected chi connectivity index (χ3v) is 5.20. The molecular formula is C18H21NO2S. The molecule has 3 nitrogen and oxygen atoms in total. The number of benzene rings is 1. The molecule has 0 bridgehead atoms. The number of nitrogens with zero attached hydrogens (tertiary/aromatic N) is 1. The topological polar surface area (TPSA) is 40.5 Å². The molecular weight excluding hydrogens is 294 g/mol. The Morgan fingerprint density at radius 1 is 1.27 bits per heavy atom. The summed E-state index contributed by atoms with van der Waals surface area (Å²) < 4.78 is 0. The highest BCUT2D eigenvalue weighted by molar-refractivity contribution is 7.09. The van der Waals surface area contributed by atoms with E-state index in [0.29, 0.717) is 19.4 Å². The van der Waals surface area contributed by atoms with E-state index in [0.717, 1.165) is 12.0 Å². The maximum atomic E-state index is 12.8.